The van der Waals surface area contributed by atoms with Crippen LogP contribution in [-0.4, -0.2) is 12.3 Å². The first-order valence-corrected chi connectivity index (χ1v) is 12.2. The van der Waals surface area contributed by atoms with Crippen LogP contribution in [0, 0.1) is 0 Å². The van der Waals surface area contributed by atoms with Crippen molar-refractivity contribution in [3.05, 3.63) is 12.3 Å². The van der Waals surface area contributed by atoms with E-state index in [0.29, 0.717) is 0 Å². The number of rotatable bonds is 21. The van der Waals surface area contributed by atoms with E-state index in [1.54, 1.807) is 0 Å². The fraction of sp³-hybridized carbons (Fsp3) is 0.917. The third kappa shape index (κ3) is 20.0. The number of unbranched alkanes of at least 4 members (excludes halogenated alkanes) is 14. The van der Waals surface area contributed by atoms with Gasteiger partial charge in [-0.1, -0.05) is 110 Å². The molecule has 0 radical (unpaired) electrons. The molecule has 162 valence electrons. The third-order valence-electron chi connectivity index (χ3n) is 5.40. The lowest BCUT2D eigenvalue weighted by atomic mass is 10.0. The van der Waals surface area contributed by atoms with Crippen LogP contribution < -0.4 is 16.4 Å². The van der Waals surface area contributed by atoms with Crippen LogP contribution >= 0.6 is 0 Å². The number of nitrogens with two attached hydrogens (primary N) is 1. The SMILES string of the molecule is CCCCCCCCCCCCCCCC/C=C/NC(CC)NC(N)CC. The van der Waals surface area contributed by atoms with Crippen molar-refractivity contribution in [3.8, 4) is 0 Å². The minimum absolute atomic E-state index is 0.0849. The van der Waals surface area contributed by atoms with E-state index in [2.05, 4.69) is 43.7 Å². The molecule has 0 saturated heterocycles. The molecule has 0 saturated carbocycles. The zero-order valence-electron chi connectivity index (χ0n) is 18.9. The highest BCUT2D eigenvalue weighted by Gasteiger charge is 2.05. The lowest BCUT2D eigenvalue weighted by Gasteiger charge is -2.21. The molecule has 0 amide bonds. The van der Waals surface area contributed by atoms with Crippen molar-refractivity contribution in [3.63, 3.8) is 0 Å². The first kappa shape index (κ1) is 26.5. The summed E-state index contributed by atoms with van der Waals surface area (Å²) in [6, 6.07) is 0. The Labute approximate surface area is 171 Å². The Kier molecular flexibility index (Phi) is 21.3. The van der Waals surface area contributed by atoms with Gasteiger partial charge in [-0.15, -0.1) is 0 Å². The summed E-state index contributed by atoms with van der Waals surface area (Å²) >= 11 is 0. The zero-order valence-corrected chi connectivity index (χ0v) is 18.9. The lowest BCUT2D eigenvalue weighted by Crippen LogP contribution is -2.48. The Balaban J connectivity index is 3.28. The number of allylic oxidation sites excluding steroid dienone is 1. The zero-order chi connectivity index (χ0) is 20.0. The average molecular weight is 382 g/mol. The largest absolute Gasteiger partial charge is 0.376 e. The van der Waals surface area contributed by atoms with Gasteiger partial charge in [0.25, 0.3) is 0 Å². The van der Waals surface area contributed by atoms with Crippen molar-refractivity contribution in [2.45, 2.75) is 142 Å². The first-order chi connectivity index (χ1) is 13.2. The summed E-state index contributed by atoms with van der Waals surface area (Å²) in [6.45, 7) is 6.57. The van der Waals surface area contributed by atoms with Crippen molar-refractivity contribution in [1.82, 2.24) is 10.6 Å². The van der Waals surface area contributed by atoms with Gasteiger partial charge in [-0.2, -0.15) is 0 Å². The minimum atomic E-state index is 0.0849. The average Bonchev–Trinajstić information content (AvgIpc) is 2.69. The van der Waals surface area contributed by atoms with Gasteiger partial charge in [0.1, 0.15) is 0 Å². The van der Waals surface area contributed by atoms with E-state index >= 15 is 0 Å². The summed E-state index contributed by atoms with van der Waals surface area (Å²) in [5.74, 6) is 0. The van der Waals surface area contributed by atoms with Crippen molar-refractivity contribution in [1.29, 1.82) is 0 Å². The molecule has 2 unspecified atom stereocenters. The molecular weight excluding hydrogens is 330 g/mol. The van der Waals surface area contributed by atoms with E-state index in [4.69, 9.17) is 5.73 Å². The van der Waals surface area contributed by atoms with E-state index in [1.807, 2.05) is 0 Å². The van der Waals surface area contributed by atoms with Gasteiger partial charge in [0.15, 0.2) is 0 Å². The molecule has 0 rings (SSSR count). The summed E-state index contributed by atoms with van der Waals surface area (Å²) in [4.78, 5) is 0. The summed E-state index contributed by atoms with van der Waals surface area (Å²) < 4.78 is 0. The maximum absolute atomic E-state index is 5.94. The Morgan fingerprint density at radius 2 is 1.15 bits per heavy atom. The maximum Gasteiger partial charge on any atom is 0.0772 e. The second-order valence-electron chi connectivity index (χ2n) is 8.10. The standard InChI is InChI=1S/C24H51N3/c1-4-7-8-9-10-11-12-13-14-15-16-17-18-19-20-21-22-26-24(6-3)27-23(25)5-2/h21-24,26-27H,4-20,25H2,1-3H3/b22-21+. The van der Waals surface area contributed by atoms with E-state index in [0.717, 1.165) is 12.8 Å². The molecule has 0 aliphatic carbocycles. The van der Waals surface area contributed by atoms with Crippen molar-refractivity contribution < 1.29 is 0 Å². The predicted octanol–water partition coefficient (Wildman–Crippen LogP) is 6.98. The fourth-order valence-corrected chi connectivity index (χ4v) is 3.38. The van der Waals surface area contributed by atoms with E-state index in [-0.39, 0.29) is 12.3 Å². The molecule has 27 heavy (non-hydrogen) atoms. The van der Waals surface area contributed by atoms with Crippen LogP contribution in [0.5, 0.6) is 0 Å². The van der Waals surface area contributed by atoms with Crippen LogP contribution in [-0.2, 0) is 0 Å². The Hall–Kier alpha value is -0.540. The van der Waals surface area contributed by atoms with Crippen LogP contribution in [0.1, 0.15) is 130 Å². The Bertz CT molecular complexity index is 304. The van der Waals surface area contributed by atoms with Crippen molar-refractivity contribution in [2.75, 3.05) is 0 Å². The van der Waals surface area contributed by atoms with Gasteiger partial charge in [0, 0.05) is 0 Å². The van der Waals surface area contributed by atoms with Gasteiger partial charge >= 0.3 is 0 Å². The molecule has 0 spiro atoms. The molecule has 0 heterocycles. The molecule has 0 aliphatic heterocycles. The Morgan fingerprint density at radius 3 is 1.59 bits per heavy atom. The summed E-state index contributed by atoms with van der Waals surface area (Å²) in [5, 5.41) is 6.80. The van der Waals surface area contributed by atoms with Crippen molar-refractivity contribution >= 4 is 0 Å². The van der Waals surface area contributed by atoms with E-state index in [1.165, 1.54) is 96.3 Å². The lowest BCUT2D eigenvalue weighted by molar-refractivity contribution is 0.387. The molecule has 0 aromatic heterocycles. The van der Waals surface area contributed by atoms with Crippen molar-refractivity contribution in [2.24, 2.45) is 5.73 Å². The molecule has 3 nitrogen and oxygen atoms in total. The van der Waals surface area contributed by atoms with Crippen LogP contribution in [0.2, 0.25) is 0 Å². The van der Waals surface area contributed by atoms with Gasteiger partial charge in [-0.3, -0.25) is 5.32 Å². The number of hydrogen-bond donors (Lipinski definition) is 3. The fourth-order valence-electron chi connectivity index (χ4n) is 3.38. The quantitative estimate of drug-likeness (QED) is 0.148. The minimum Gasteiger partial charge on any atom is -0.376 e. The molecule has 0 aliphatic rings. The second-order valence-corrected chi connectivity index (χ2v) is 8.10. The smallest absolute Gasteiger partial charge is 0.0772 e. The molecular formula is C24H51N3. The molecule has 0 aromatic carbocycles. The first-order valence-electron chi connectivity index (χ1n) is 12.2. The van der Waals surface area contributed by atoms with Gasteiger partial charge in [0.2, 0.25) is 0 Å². The van der Waals surface area contributed by atoms with Gasteiger partial charge < -0.3 is 11.1 Å². The summed E-state index contributed by atoms with van der Waals surface area (Å²) in [5.41, 5.74) is 5.94. The third-order valence-corrected chi connectivity index (χ3v) is 5.40. The molecule has 4 N–H and O–H groups in total. The number of hydrogen-bond acceptors (Lipinski definition) is 3. The topological polar surface area (TPSA) is 50.1 Å². The van der Waals surface area contributed by atoms with Gasteiger partial charge in [0.05, 0.1) is 12.3 Å². The monoisotopic (exact) mass is 381 g/mol. The molecule has 0 aromatic rings. The van der Waals surface area contributed by atoms with Crippen LogP contribution in [0.4, 0.5) is 0 Å². The van der Waals surface area contributed by atoms with Gasteiger partial charge in [-0.05, 0) is 31.9 Å². The molecule has 3 heteroatoms. The highest BCUT2D eigenvalue weighted by Crippen LogP contribution is 2.13. The molecule has 2 atom stereocenters. The predicted molar refractivity (Wildman–Crippen MR) is 123 cm³/mol. The Morgan fingerprint density at radius 1 is 0.667 bits per heavy atom. The number of nitrogens with one attached hydrogen (secondary N) is 2. The molecule has 0 bridgehead atoms. The van der Waals surface area contributed by atoms with Crippen LogP contribution in [0.3, 0.4) is 0 Å². The molecule has 0 fully saturated rings. The van der Waals surface area contributed by atoms with Crippen LogP contribution in [0.25, 0.3) is 0 Å². The summed E-state index contributed by atoms with van der Waals surface area (Å²) in [6.07, 6.45) is 27.9. The second kappa shape index (κ2) is 21.8. The highest BCUT2D eigenvalue weighted by atomic mass is 15.2. The summed E-state index contributed by atoms with van der Waals surface area (Å²) in [7, 11) is 0. The van der Waals surface area contributed by atoms with E-state index in [9.17, 15) is 0 Å². The maximum atomic E-state index is 5.94. The highest BCUT2D eigenvalue weighted by molar-refractivity contribution is 4.82. The normalized spacial score (nSPS) is 13.9. The van der Waals surface area contributed by atoms with Crippen LogP contribution in [0.15, 0.2) is 12.3 Å². The van der Waals surface area contributed by atoms with Gasteiger partial charge in [-0.25, -0.2) is 0 Å². The van der Waals surface area contributed by atoms with E-state index < -0.39 is 0 Å².